The van der Waals surface area contributed by atoms with Crippen LogP contribution in [0.25, 0.3) is 0 Å². The highest BCUT2D eigenvalue weighted by Gasteiger charge is 2.27. The summed E-state index contributed by atoms with van der Waals surface area (Å²) in [4.78, 5) is 34.3. The number of nitrogens with two attached hydrogens (primary N) is 2. The normalized spacial score (nSPS) is 14.7. The van der Waals surface area contributed by atoms with Gasteiger partial charge >= 0.3 is 0 Å². The summed E-state index contributed by atoms with van der Waals surface area (Å²) in [6.07, 6.45) is 5.01. The van der Waals surface area contributed by atoms with Gasteiger partial charge in [0.2, 0.25) is 0 Å². The molecule has 7 heteroatoms. The number of Topliss-reactive ketones (excluding diaryl/α,β-unsaturated/α-hetero) is 1. The number of hydrogen-bond acceptors (Lipinski definition) is 6. The predicted molar refractivity (Wildman–Crippen MR) is 131 cm³/mol. The van der Waals surface area contributed by atoms with E-state index in [-0.39, 0.29) is 17.6 Å². The number of amides is 1. The van der Waals surface area contributed by atoms with Gasteiger partial charge in [-0.25, -0.2) is 0 Å². The van der Waals surface area contributed by atoms with Crippen molar-refractivity contribution >= 4 is 28.8 Å². The molecule has 4 rings (SSSR count). The molecule has 1 saturated heterocycles. The first kappa shape index (κ1) is 22.5. The van der Waals surface area contributed by atoms with Crippen LogP contribution in [0.15, 0.2) is 73.1 Å². The summed E-state index contributed by atoms with van der Waals surface area (Å²) >= 11 is 0. The maximum Gasteiger partial charge on any atom is 0.258 e. The molecule has 0 spiro atoms. The van der Waals surface area contributed by atoms with E-state index in [0.29, 0.717) is 30.0 Å². The molecule has 170 valence electrons. The number of carbonyl (C=O) groups excluding carboxylic acids is 2. The molecule has 4 N–H and O–H groups in total. The van der Waals surface area contributed by atoms with Crippen LogP contribution in [0, 0.1) is 5.92 Å². The minimum absolute atomic E-state index is 0.0532. The van der Waals surface area contributed by atoms with Crippen LogP contribution in [0.4, 0.5) is 17.1 Å². The molecule has 33 heavy (non-hydrogen) atoms. The van der Waals surface area contributed by atoms with E-state index in [1.165, 1.54) is 0 Å². The van der Waals surface area contributed by atoms with Gasteiger partial charge in [-0.3, -0.25) is 14.6 Å². The molecule has 2 aromatic carbocycles. The predicted octanol–water partition coefficient (Wildman–Crippen LogP) is 3.49. The number of pyridine rings is 1. The van der Waals surface area contributed by atoms with Crippen molar-refractivity contribution in [3.05, 3.63) is 84.2 Å². The number of anilines is 3. The smallest absolute Gasteiger partial charge is 0.258 e. The Labute approximate surface area is 194 Å². The quantitative estimate of drug-likeness (QED) is 0.428. The van der Waals surface area contributed by atoms with Crippen molar-refractivity contribution < 1.29 is 9.59 Å². The van der Waals surface area contributed by atoms with Crippen LogP contribution in [0.2, 0.25) is 0 Å². The molecule has 0 saturated carbocycles. The number of nitrogens with zero attached hydrogens (tertiary/aromatic N) is 3. The standard InChI is InChI=1S/C26H29N5O2/c27-23-9-8-21(17-24(23)28)26(33)31(22-7-4-12-29-18-22)16-15-30-13-10-20(11-14-30)25(32)19-5-2-1-3-6-19/h1-9,12,17-18,20H,10-11,13-16,27-28H2. The zero-order valence-corrected chi connectivity index (χ0v) is 18.6. The number of aromatic nitrogens is 1. The van der Waals surface area contributed by atoms with Crippen molar-refractivity contribution in [3.63, 3.8) is 0 Å². The molecular formula is C26H29N5O2. The molecule has 7 nitrogen and oxygen atoms in total. The molecule has 0 atom stereocenters. The fourth-order valence-corrected chi connectivity index (χ4v) is 4.22. The molecule has 1 aromatic heterocycles. The molecule has 1 aliphatic heterocycles. The van der Waals surface area contributed by atoms with E-state index in [0.717, 1.165) is 37.2 Å². The Bertz CT molecular complexity index is 1100. The van der Waals surface area contributed by atoms with E-state index in [1.807, 2.05) is 42.5 Å². The number of benzene rings is 2. The highest BCUT2D eigenvalue weighted by atomic mass is 16.2. The molecular weight excluding hydrogens is 414 g/mol. The lowest BCUT2D eigenvalue weighted by Gasteiger charge is -2.33. The van der Waals surface area contributed by atoms with Gasteiger partial charge in [0.05, 0.1) is 23.3 Å². The van der Waals surface area contributed by atoms with E-state index in [2.05, 4.69) is 9.88 Å². The third kappa shape index (κ3) is 5.38. The van der Waals surface area contributed by atoms with E-state index >= 15 is 0 Å². The first-order valence-electron chi connectivity index (χ1n) is 11.2. The van der Waals surface area contributed by atoms with Crippen molar-refractivity contribution in [1.29, 1.82) is 0 Å². The average molecular weight is 444 g/mol. The summed E-state index contributed by atoms with van der Waals surface area (Å²) < 4.78 is 0. The molecule has 1 fully saturated rings. The summed E-state index contributed by atoms with van der Waals surface area (Å²) in [5.41, 5.74) is 14.6. The van der Waals surface area contributed by atoms with E-state index in [4.69, 9.17) is 11.5 Å². The summed E-state index contributed by atoms with van der Waals surface area (Å²) in [5.74, 6) is 0.129. The van der Waals surface area contributed by atoms with E-state index in [1.54, 1.807) is 35.5 Å². The van der Waals surface area contributed by atoms with Crippen LogP contribution in [0.3, 0.4) is 0 Å². The molecule has 1 aliphatic rings. The molecule has 1 amide bonds. The summed E-state index contributed by atoms with van der Waals surface area (Å²) in [6.45, 7) is 2.86. The van der Waals surface area contributed by atoms with Gasteiger partial charge in [0.25, 0.3) is 5.91 Å². The second-order valence-corrected chi connectivity index (χ2v) is 8.36. The topological polar surface area (TPSA) is 106 Å². The Balaban J connectivity index is 1.40. The van der Waals surface area contributed by atoms with Gasteiger partial charge in [-0.2, -0.15) is 0 Å². The Morgan fingerprint density at radius 1 is 0.939 bits per heavy atom. The van der Waals surface area contributed by atoms with Crippen molar-refractivity contribution in [1.82, 2.24) is 9.88 Å². The minimum Gasteiger partial charge on any atom is -0.397 e. The second kappa shape index (κ2) is 10.3. The second-order valence-electron chi connectivity index (χ2n) is 8.36. The Morgan fingerprint density at radius 2 is 1.70 bits per heavy atom. The lowest BCUT2D eigenvalue weighted by atomic mass is 9.89. The van der Waals surface area contributed by atoms with Gasteiger partial charge < -0.3 is 21.3 Å². The molecule has 0 bridgehead atoms. The highest BCUT2D eigenvalue weighted by molar-refractivity contribution is 6.07. The van der Waals surface area contributed by atoms with E-state index in [9.17, 15) is 9.59 Å². The fourth-order valence-electron chi connectivity index (χ4n) is 4.22. The van der Waals surface area contributed by atoms with Gasteiger partial charge in [0, 0.05) is 36.3 Å². The largest absolute Gasteiger partial charge is 0.397 e. The van der Waals surface area contributed by atoms with Crippen molar-refractivity contribution in [2.24, 2.45) is 5.92 Å². The number of ketones is 1. The first-order valence-corrected chi connectivity index (χ1v) is 11.2. The van der Waals surface area contributed by atoms with Crippen molar-refractivity contribution in [3.8, 4) is 0 Å². The van der Waals surface area contributed by atoms with Gasteiger partial charge in [0.1, 0.15) is 0 Å². The van der Waals surface area contributed by atoms with Gasteiger partial charge in [-0.1, -0.05) is 30.3 Å². The summed E-state index contributed by atoms with van der Waals surface area (Å²) in [5, 5.41) is 0. The lowest BCUT2D eigenvalue weighted by Crippen LogP contribution is -2.43. The van der Waals surface area contributed by atoms with Gasteiger partial charge in [0.15, 0.2) is 5.78 Å². The van der Waals surface area contributed by atoms with Gasteiger partial charge in [-0.15, -0.1) is 0 Å². The SMILES string of the molecule is Nc1ccc(C(=O)N(CCN2CCC(C(=O)c3ccccc3)CC2)c2cccnc2)cc1N. The number of nitrogen functional groups attached to an aromatic ring is 2. The zero-order valence-electron chi connectivity index (χ0n) is 18.6. The van der Waals surface area contributed by atoms with E-state index < -0.39 is 0 Å². The molecule has 0 unspecified atom stereocenters. The Hall–Kier alpha value is -3.71. The molecule has 0 radical (unpaired) electrons. The lowest BCUT2D eigenvalue weighted by molar-refractivity contribution is 0.0841. The number of carbonyl (C=O) groups is 2. The van der Waals surface area contributed by atoms with Crippen LogP contribution < -0.4 is 16.4 Å². The third-order valence-electron chi connectivity index (χ3n) is 6.19. The van der Waals surface area contributed by atoms with Crippen LogP contribution in [0.5, 0.6) is 0 Å². The van der Waals surface area contributed by atoms with Crippen LogP contribution in [-0.2, 0) is 0 Å². The van der Waals surface area contributed by atoms with Crippen LogP contribution >= 0.6 is 0 Å². The number of rotatable bonds is 7. The number of hydrogen-bond donors (Lipinski definition) is 2. The van der Waals surface area contributed by atoms with Crippen molar-refractivity contribution in [2.75, 3.05) is 42.5 Å². The Morgan fingerprint density at radius 3 is 2.36 bits per heavy atom. The molecule has 3 aromatic rings. The summed E-state index contributed by atoms with van der Waals surface area (Å²) in [6, 6.07) is 18.1. The van der Waals surface area contributed by atoms with Crippen LogP contribution in [-0.4, -0.2) is 47.8 Å². The monoisotopic (exact) mass is 443 g/mol. The summed E-state index contributed by atoms with van der Waals surface area (Å²) in [7, 11) is 0. The molecule has 2 heterocycles. The number of likely N-dealkylation sites (tertiary alicyclic amines) is 1. The van der Waals surface area contributed by atoms with Crippen molar-refractivity contribution in [2.45, 2.75) is 12.8 Å². The third-order valence-corrected chi connectivity index (χ3v) is 6.19. The minimum atomic E-state index is -0.149. The Kier molecular flexibility index (Phi) is 7.00. The van der Waals surface area contributed by atoms with Gasteiger partial charge in [-0.05, 0) is 56.3 Å². The first-order chi connectivity index (χ1) is 16.0. The maximum absolute atomic E-state index is 13.3. The molecule has 0 aliphatic carbocycles. The zero-order chi connectivity index (χ0) is 23.2. The fraction of sp³-hybridized carbons (Fsp3) is 0.269. The average Bonchev–Trinajstić information content (AvgIpc) is 2.87. The maximum atomic E-state index is 13.3. The van der Waals surface area contributed by atoms with Crippen LogP contribution in [0.1, 0.15) is 33.6 Å². The highest BCUT2D eigenvalue weighted by Crippen LogP contribution is 2.23. The number of piperidine rings is 1.